The molecule has 13 heavy (non-hydrogen) atoms. The zero-order valence-electron chi connectivity index (χ0n) is 7.66. The zero-order chi connectivity index (χ0) is 10.3. The van der Waals surface area contributed by atoms with Gasteiger partial charge in [0.15, 0.2) is 5.96 Å². The first-order chi connectivity index (χ1) is 6.11. The number of aliphatic carboxylic acids is 1. The van der Waals surface area contributed by atoms with E-state index in [9.17, 15) is 4.79 Å². The highest BCUT2D eigenvalue weighted by Crippen LogP contribution is 1.95. The van der Waals surface area contributed by atoms with Crippen LogP contribution in [0.4, 0.5) is 0 Å². The minimum absolute atomic E-state index is 0.129. The molecular formula is C7H16N4O2. The highest BCUT2D eigenvalue weighted by Gasteiger charge is 2.16. The predicted octanol–water partition coefficient (Wildman–Crippen LogP) is -1.29. The van der Waals surface area contributed by atoms with Crippen molar-refractivity contribution >= 4 is 11.9 Å². The van der Waals surface area contributed by atoms with Crippen molar-refractivity contribution < 1.29 is 9.90 Å². The van der Waals surface area contributed by atoms with E-state index in [2.05, 4.69) is 10.3 Å². The van der Waals surface area contributed by atoms with Crippen molar-refractivity contribution in [3.05, 3.63) is 0 Å². The molecule has 6 heteroatoms. The average Bonchev–Trinajstić information content (AvgIpc) is 2.11. The Labute approximate surface area is 77.0 Å². The highest BCUT2D eigenvalue weighted by molar-refractivity contribution is 5.84. The molecule has 0 aromatic carbocycles. The number of rotatable bonds is 5. The molecule has 0 amide bonds. The van der Waals surface area contributed by atoms with Gasteiger partial charge in [0.1, 0.15) is 6.04 Å². The Bertz CT molecular complexity index is 193. The van der Waals surface area contributed by atoms with Gasteiger partial charge in [-0.3, -0.25) is 4.99 Å². The molecule has 0 rings (SSSR count). The molecule has 0 bridgehead atoms. The predicted molar refractivity (Wildman–Crippen MR) is 50.4 cm³/mol. The van der Waals surface area contributed by atoms with E-state index in [0.717, 1.165) is 0 Å². The number of nitrogens with zero attached hydrogens (tertiary/aromatic N) is 1. The molecule has 0 aromatic heterocycles. The van der Waals surface area contributed by atoms with Crippen LogP contribution < -0.4 is 16.8 Å². The number of aliphatic imine (C=N–C) groups is 1. The quantitative estimate of drug-likeness (QED) is 0.317. The summed E-state index contributed by atoms with van der Waals surface area (Å²) in [6.07, 6.45) is 1.09. The fraction of sp³-hybridized carbons (Fsp3) is 0.714. The summed E-state index contributed by atoms with van der Waals surface area (Å²) in [5.74, 6) is -0.815. The lowest BCUT2D eigenvalue weighted by Crippen LogP contribution is -2.44. The van der Waals surface area contributed by atoms with Gasteiger partial charge < -0.3 is 21.9 Å². The lowest BCUT2D eigenvalue weighted by atomic mass is 10.1. The van der Waals surface area contributed by atoms with Gasteiger partial charge in [-0.25, -0.2) is 4.79 Å². The maximum atomic E-state index is 10.6. The Morgan fingerprint density at radius 1 is 1.69 bits per heavy atom. The molecule has 0 unspecified atom stereocenters. The lowest BCUT2D eigenvalue weighted by molar-refractivity contribution is -0.139. The first kappa shape index (κ1) is 11.7. The summed E-state index contributed by atoms with van der Waals surface area (Å²) in [4.78, 5) is 14.3. The number of carbonyl (C=O) groups is 1. The van der Waals surface area contributed by atoms with E-state index in [0.29, 0.717) is 19.4 Å². The molecule has 0 saturated heterocycles. The Kier molecular flexibility index (Phi) is 5.62. The van der Waals surface area contributed by atoms with Crippen LogP contribution in [0.15, 0.2) is 4.99 Å². The molecule has 0 spiro atoms. The van der Waals surface area contributed by atoms with Gasteiger partial charge in [-0.05, 0) is 19.4 Å². The molecule has 0 aliphatic heterocycles. The minimum Gasteiger partial charge on any atom is -0.480 e. The lowest BCUT2D eigenvalue weighted by Gasteiger charge is -2.13. The Morgan fingerprint density at radius 3 is 2.69 bits per heavy atom. The van der Waals surface area contributed by atoms with Crippen LogP contribution in [-0.2, 0) is 4.79 Å². The van der Waals surface area contributed by atoms with Gasteiger partial charge in [-0.15, -0.1) is 0 Å². The fourth-order valence-electron chi connectivity index (χ4n) is 0.822. The summed E-state index contributed by atoms with van der Waals surface area (Å²) in [5, 5.41) is 11.3. The van der Waals surface area contributed by atoms with Crippen LogP contribution in [0, 0.1) is 0 Å². The third-order valence-electron chi connectivity index (χ3n) is 1.56. The first-order valence-electron chi connectivity index (χ1n) is 4.03. The third kappa shape index (κ3) is 5.02. The molecule has 0 aliphatic rings. The molecule has 6 nitrogen and oxygen atoms in total. The topological polar surface area (TPSA) is 114 Å². The van der Waals surface area contributed by atoms with E-state index in [1.54, 1.807) is 0 Å². The number of nitrogens with one attached hydrogen (secondary N) is 1. The molecule has 6 N–H and O–H groups in total. The van der Waals surface area contributed by atoms with Gasteiger partial charge >= 0.3 is 5.97 Å². The van der Waals surface area contributed by atoms with Gasteiger partial charge in [-0.2, -0.15) is 0 Å². The molecule has 76 valence electrons. The van der Waals surface area contributed by atoms with Crippen molar-refractivity contribution in [1.82, 2.24) is 5.32 Å². The van der Waals surface area contributed by atoms with E-state index in [4.69, 9.17) is 16.6 Å². The highest BCUT2D eigenvalue weighted by atomic mass is 16.4. The van der Waals surface area contributed by atoms with Crippen molar-refractivity contribution in [2.24, 2.45) is 16.5 Å². The monoisotopic (exact) mass is 188 g/mol. The number of hydrogen-bond acceptors (Lipinski definition) is 3. The summed E-state index contributed by atoms with van der Waals surface area (Å²) in [6, 6.07) is -0.702. The summed E-state index contributed by atoms with van der Waals surface area (Å²) < 4.78 is 0. The van der Waals surface area contributed by atoms with Gasteiger partial charge in [0.2, 0.25) is 0 Å². The second-order valence-electron chi connectivity index (χ2n) is 2.57. The largest absolute Gasteiger partial charge is 0.480 e. The Hall–Kier alpha value is -1.30. The Balaban J connectivity index is 4.02. The molecular weight excluding hydrogens is 172 g/mol. The smallest absolute Gasteiger partial charge is 0.326 e. The second kappa shape index (κ2) is 6.24. The van der Waals surface area contributed by atoms with E-state index < -0.39 is 12.0 Å². The molecule has 0 fully saturated rings. The second-order valence-corrected chi connectivity index (χ2v) is 2.57. The number of carboxylic acids is 1. The van der Waals surface area contributed by atoms with Crippen molar-refractivity contribution in [3.8, 4) is 0 Å². The zero-order valence-corrected chi connectivity index (χ0v) is 7.66. The van der Waals surface area contributed by atoms with Crippen molar-refractivity contribution in [2.45, 2.75) is 18.9 Å². The van der Waals surface area contributed by atoms with Crippen molar-refractivity contribution in [3.63, 3.8) is 0 Å². The number of hydrogen-bond donors (Lipinski definition) is 4. The van der Waals surface area contributed by atoms with Crippen LogP contribution in [0.2, 0.25) is 0 Å². The van der Waals surface area contributed by atoms with Crippen LogP contribution in [-0.4, -0.2) is 36.7 Å². The normalized spacial score (nSPS) is 13.8. The molecule has 0 heterocycles. The van der Waals surface area contributed by atoms with Crippen LogP contribution in [0.3, 0.4) is 0 Å². The van der Waals surface area contributed by atoms with E-state index in [-0.39, 0.29) is 5.96 Å². The number of carboxylic acid groups (broad SMARTS) is 1. The first-order valence-corrected chi connectivity index (χ1v) is 4.03. The molecule has 1 atom stereocenters. The van der Waals surface area contributed by atoms with E-state index in [1.807, 2.05) is 0 Å². The van der Waals surface area contributed by atoms with Gasteiger partial charge in [0.05, 0.1) is 0 Å². The SMILES string of the molecule is CN=C(N)N[C@H](CCCN)C(=O)O. The maximum absolute atomic E-state index is 10.6. The Morgan fingerprint density at radius 2 is 2.31 bits per heavy atom. The molecule has 0 radical (unpaired) electrons. The summed E-state index contributed by atoms with van der Waals surface area (Å²) in [7, 11) is 1.49. The summed E-state index contributed by atoms with van der Waals surface area (Å²) in [5.41, 5.74) is 10.6. The van der Waals surface area contributed by atoms with Crippen LogP contribution in [0.5, 0.6) is 0 Å². The summed E-state index contributed by atoms with van der Waals surface area (Å²) >= 11 is 0. The maximum Gasteiger partial charge on any atom is 0.326 e. The van der Waals surface area contributed by atoms with Crippen LogP contribution >= 0.6 is 0 Å². The average molecular weight is 188 g/mol. The standard InChI is InChI=1S/C7H16N4O2/c1-10-7(9)11-5(6(12)13)3-2-4-8/h5H,2-4,8H2,1H3,(H,12,13)(H3,9,10,11)/t5-/m1/s1. The van der Waals surface area contributed by atoms with Gasteiger partial charge in [-0.1, -0.05) is 0 Å². The van der Waals surface area contributed by atoms with E-state index in [1.165, 1.54) is 7.05 Å². The molecule has 0 aromatic rings. The fourth-order valence-corrected chi connectivity index (χ4v) is 0.822. The van der Waals surface area contributed by atoms with Gasteiger partial charge in [0, 0.05) is 7.05 Å². The summed E-state index contributed by atoms with van der Waals surface area (Å²) in [6.45, 7) is 0.467. The number of nitrogens with two attached hydrogens (primary N) is 2. The van der Waals surface area contributed by atoms with Crippen LogP contribution in [0.25, 0.3) is 0 Å². The number of guanidine groups is 1. The van der Waals surface area contributed by atoms with Crippen molar-refractivity contribution in [2.75, 3.05) is 13.6 Å². The third-order valence-corrected chi connectivity index (χ3v) is 1.56. The van der Waals surface area contributed by atoms with Crippen LogP contribution in [0.1, 0.15) is 12.8 Å². The van der Waals surface area contributed by atoms with E-state index >= 15 is 0 Å². The molecule has 0 aliphatic carbocycles. The van der Waals surface area contributed by atoms with Crippen molar-refractivity contribution in [1.29, 1.82) is 0 Å². The van der Waals surface area contributed by atoms with Gasteiger partial charge in [0.25, 0.3) is 0 Å². The minimum atomic E-state index is -0.944. The molecule has 0 saturated carbocycles.